The Morgan fingerprint density at radius 3 is 2.38 bits per heavy atom. The second kappa shape index (κ2) is 2.96. The standard InChI is InChI=1S/C11H20O2/c1-10-5-3-9(4-6-10)11(2,13-10)7-8-12/h9,12H,3-8H2,1-2H3/t9?,10?,11-/m0/s1. The Kier molecular flexibility index (Phi) is 2.16. The van der Waals surface area contributed by atoms with Crippen molar-refractivity contribution in [2.24, 2.45) is 5.92 Å². The zero-order valence-electron chi connectivity index (χ0n) is 8.68. The Balaban J connectivity index is 2.14. The third kappa shape index (κ3) is 1.50. The molecule has 76 valence electrons. The van der Waals surface area contributed by atoms with Gasteiger partial charge in [0.15, 0.2) is 0 Å². The number of hydrogen-bond donors (Lipinski definition) is 1. The number of hydrogen-bond acceptors (Lipinski definition) is 2. The van der Waals surface area contributed by atoms with Gasteiger partial charge in [0.1, 0.15) is 0 Å². The highest BCUT2D eigenvalue weighted by Gasteiger charge is 2.50. The lowest BCUT2D eigenvalue weighted by atomic mass is 9.67. The Bertz CT molecular complexity index is 194. The molecule has 2 saturated heterocycles. The van der Waals surface area contributed by atoms with E-state index < -0.39 is 0 Å². The molecule has 0 spiro atoms. The van der Waals surface area contributed by atoms with E-state index in [2.05, 4.69) is 13.8 Å². The van der Waals surface area contributed by atoms with Crippen LogP contribution < -0.4 is 0 Å². The van der Waals surface area contributed by atoms with Gasteiger partial charge in [-0.1, -0.05) is 0 Å². The van der Waals surface area contributed by atoms with Crippen LogP contribution in [0.3, 0.4) is 0 Å². The lowest BCUT2D eigenvalue weighted by Gasteiger charge is -2.55. The molecule has 1 saturated carbocycles. The van der Waals surface area contributed by atoms with Crippen LogP contribution in [0.1, 0.15) is 46.0 Å². The van der Waals surface area contributed by atoms with Gasteiger partial charge in [0, 0.05) is 6.61 Å². The monoisotopic (exact) mass is 184 g/mol. The van der Waals surface area contributed by atoms with E-state index in [1.807, 2.05) is 0 Å². The van der Waals surface area contributed by atoms with Crippen LogP contribution >= 0.6 is 0 Å². The summed E-state index contributed by atoms with van der Waals surface area (Å²) in [5.74, 6) is 0.682. The summed E-state index contributed by atoms with van der Waals surface area (Å²) in [6.07, 6.45) is 5.78. The second-order valence-electron chi connectivity index (χ2n) is 5.11. The van der Waals surface area contributed by atoms with Crippen molar-refractivity contribution in [1.29, 1.82) is 0 Å². The average Bonchev–Trinajstić information content (AvgIpc) is 2.03. The smallest absolute Gasteiger partial charge is 0.0711 e. The third-order valence-corrected chi connectivity index (χ3v) is 3.99. The molecule has 0 aromatic heterocycles. The van der Waals surface area contributed by atoms with Gasteiger partial charge in [0.05, 0.1) is 11.2 Å². The van der Waals surface area contributed by atoms with Crippen LogP contribution in [-0.2, 0) is 4.74 Å². The highest BCUT2D eigenvalue weighted by atomic mass is 16.5. The molecule has 1 atom stereocenters. The highest BCUT2D eigenvalue weighted by Crippen LogP contribution is 2.50. The fourth-order valence-corrected chi connectivity index (χ4v) is 3.06. The minimum absolute atomic E-state index is 0.0417. The van der Waals surface area contributed by atoms with Crippen molar-refractivity contribution in [2.45, 2.75) is 57.2 Å². The van der Waals surface area contributed by atoms with E-state index in [-0.39, 0.29) is 17.8 Å². The van der Waals surface area contributed by atoms with Gasteiger partial charge in [-0.25, -0.2) is 0 Å². The van der Waals surface area contributed by atoms with E-state index in [0.717, 1.165) is 6.42 Å². The molecule has 13 heavy (non-hydrogen) atoms. The van der Waals surface area contributed by atoms with Gasteiger partial charge < -0.3 is 9.84 Å². The molecular formula is C11H20O2. The summed E-state index contributed by atoms with van der Waals surface area (Å²) < 4.78 is 6.14. The van der Waals surface area contributed by atoms with Crippen molar-refractivity contribution in [2.75, 3.05) is 6.61 Å². The lowest BCUT2D eigenvalue weighted by molar-refractivity contribution is -0.242. The highest BCUT2D eigenvalue weighted by molar-refractivity contribution is 4.99. The number of ether oxygens (including phenoxy) is 1. The van der Waals surface area contributed by atoms with Crippen LogP contribution in [-0.4, -0.2) is 22.9 Å². The van der Waals surface area contributed by atoms with Gasteiger partial charge in [-0.2, -0.15) is 0 Å². The molecule has 0 aromatic carbocycles. The molecule has 2 aliphatic heterocycles. The Morgan fingerprint density at radius 1 is 1.31 bits per heavy atom. The maximum Gasteiger partial charge on any atom is 0.0711 e. The quantitative estimate of drug-likeness (QED) is 0.712. The van der Waals surface area contributed by atoms with Crippen molar-refractivity contribution in [1.82, 2.24) is 0 Å². The van der Waals surface area contributed by atoms with Crippen LogP contribution in [0.2, 0.25) is 0 Å². The first-order chi connectivity index (χ1) is 6.08. The first-order valence-electron chi connectivity index (χ1n) is 5.39. The van der Waals surface area contributed by atoms with Crippen LogP contribution in [0, 0.1) is 5.92 Å². The van der Waals surface area contributed by atoms with Crippen LogP contribution in [0.4, 0.5) is 0 Å². The number of fused-ring (bicyclic) bond motifs is 3. The van der Waals surface area contributed by atoms with Gasteiger partial charge in [-0.3, -0.25) is 0 Å². The zero-order chi connectivity index (χ0) is 9.53. The summed E-state index contributed by atoms with van der Waals surface area (Å²) >= 11 is 0. The Labute approximate surface area is 80.3 Å². The minimum atomic E-state index is -0.0417. The van der Waals surface area contributed by atoms with E-state index in [9.17, 15) is 0 Å². The molecule has 0 aromatic rings. The number of rotatable bonds is 2. The van der Waals surface area contributed by atoms with E-state index in [4.69, 9.17) is 9.84 Å². The summed E-state index contributed by atoms with van der Waals surface area (Å²) in [5, 5.41) is 9.02. The second-order valence-corrected chi connectivity index (χ2v) is 5.11. The largest absolute Gasteiger partial charge is 0.396 e. The first kappa shape index (κ1) is 9.47. The zero-order valence-corrected chi connectivity index (χ0v) is 8.68. The van der Waals surface area contributed by atoms with E-state index in [1.54, 1.807) is 0 Å². The van der Waals surface area contributed by atoms with E-state index in [0.29, 0.717) is 5.92 Å². The molecule has 1 aliphatic carbocycles. The van der Waals surface area contributed by atoms with Crippen molar-refractivity contribution in [3.05, 3.63) is 0 Å². The summed E-state index contributed by atoms with van der Waals surface area (Å²) in [4.78, 5) is 0. The molecule has 2 heteroatoms. The van der Waals surface area contributed by atoms with E-state index in [1.165, 1.54) is 25.7 Å². The summed E-state index contributed by atoms with van der Waals surface area (Å²) in [7, 11) is 0. The molecule has 2 nitrogen and oxygen atoms in total. The maximum atomic E-state index is 9.02. The molecule has 0 amide bonds. The summed E-state index contributed by atoms with van der Waals surface area (Å²) in [6, 6.07) is 0. The van der Waals surface area contributed by atoms with Gasteiger partial charge in [0.2, 0.25) is 0 Å². The fraction of sp³-hybridized carbons (Fsp3) is 1.00. The molecule has 1 N–H and O–H groups in total. The Morgan fingerprint density at radius 2 is 1.92 bits per heavy atom. The molecule has 2 bridgehead atoms. The summed E-state index contributed by atoms with van der Waals surface area (Å²) in [5.41, 5.74) is 0.0681. The minimum Gasteiger partial charge on any atom is -0.396 e. The molecule has 3 rings (SSSR count). The van der Waals surface area contributed by atoms with Crippen LogP contribution in [0.25, 0.3) is 0 Å². The SMILES string of the molecule is CC12CCC(CC1)[C@](C)(CCO)O2. The normalized spacial score (nSPS) is 49.6. The predicted octanol–water partition coefficient (Wildman–Crippen LogP) is 2.11. The van der Waals surface area contributed by atoms with Gasteiger partial charge in [0.25, 0.3) is 0 Å². The third-order valence-electron chi connectivity index (χ3n) is 3.99. The number of aliphatic hydroxyl groups excluding tert-OH is 1. The first-order valence-corrected chi connectivity index (χ1v) is 5.39. The van der Waals surface area contributed by atoms with Crippen molar-refractivity contribution in [3.8, 4) is 0 Å². The molecule has 3 aliphatic rings. The molecule has 0 unspecified atom stereocenters. The van der Waals surface area contributed by atoms with Crippen LogP contribution in [0.15, 0.2) is 0 Å². The molecule has 2 heterocycles. The van der Waals surface area contributed by atoms with Gasteiger partial charge in [-0.15, -0.1) is 0 Å². The van der Waals surface area contributed by atoms with Gasteiger partial charge in [-0.05, 0) is 51.9 Å². The van der Waals surface area contributed by atoms with E-state index >= 15 is 0 Å². The predicted molar refractivity (Wildman–Crippen MR) is 51.6 cm³/mol. The molecular weight excluding hydrogens is 164 g/mol. The Hall–Kier alpha value is -0.0800. The fourth-order valence-electron chi connectivity index (χ4n) is 3.06. The molecule has 3 fully saturated rings. The maximum absolute atomic E-state index is 9.02. The van der Waals surface area contributed by atoms with Crippen LogP contribution in [0.5, 0.6) is 0 Å². The molecule has 0 radical (unpaired) electrons. The van der Waals surface area contributed by atoms with Crippen molar-refractivity contribution in [3.63, 3.8) is 0 Å². The van der Waals surface area contributed by atoms with Crippen molar-refractivity contribution < 1.29 is 9.84 Å². The lowest BCUT2D eigenvalue weighted by Crippen LogP contribution is -2.55. The van der Waals surface area contributed by atoms with Crippen molar-refractivity contribution >= 4 is 0 Å². The number of aliphatic hydroxyl groups is 1. The average molecular weight is 184 g/mol. The topological polar surface area (TPSA) is 29.5 Å². The van der Waals surface area contributed by atoms with Gasteiger partial charge >= 0.3 is 0 Å². The summed E-state index contributed by atoms with van der Waals surface area (Å²) in [6.45, 7) is 4.64.